The lowest BCUT2D eigenvalue weighted by Gasteiger charge is -1.94. The molecule has 0 aliphatic rings. The van der Waals surface area contributed by atoms with Crippen LogP contribution >= 0.6 is 11.3 Å². The first-order chi connectivity index (χ1) is 9.17. The number of hydrogen-bond donors (Lipinski definition) is 2. The third-order valence-corrected chi connectivity index (χ3v) is 2.81. The van der Waals surface area contributed by atoms with Gasteiger partial charge in [0.1, 0.15) is 0 Å². The normalized spacial score (nSPS) is 10.8. The number of hydrogen-bond acceptors (Lipinski definition) is 6. The highest BCUT2D eigenvalue weighted by Crippen LogP contribution is 2.09. The molecule has 2 aromatic heterocycles. The second-order valence-electron chi connectivity index (χ2n) is 3.51. The summed E-state index contributed by atoms with van der Waals surface area (Å²) in [7, 11) is 0. The van der Waals surface area contributed by atoms with Crippen LogP contribution in [0.15, 0.2) is 11.5 Å². The van der Waals surface area contributed by atoms with E-state index in [1.54, 1.807) is 6.08 Å². The Hall–Kier alpha value is -2.22. The maximum atomic E-state index is 11.6. The Morgan fingerprint density at radius 3 is 3.11 bits per heavy atom. The molecule has 1 amide bonds. The van der Waals surface area contributed by atoms with Crippen LogP contribution in [-0.4, -0.2) is 32.7 Å². The van der Waals surface area contributed by atoms with Gasteiger partial charge in [0.2, 0.25) is 5.95 Å². The minimum absolute atomic E-state index is 0.205. The predicted molar refractivity (Wildman–Crippen MR) is 72.1 cm³/mol. The molecule has 0 fully saturated rings. The second-order valence-corrected chi connectivity index (χ2v) is 4.58. The highest BCUT2D eigenvalue weighted by Gasteiger charge is 2.05. The van der Waals surface area contributed by atoms with Gasteiger partial charge >= 0.3 is 6.01 Å². The number of anilines is 1. The summed E-state index contributed by atoms with van der Waals surface area (Å²) < 4.78 is 5.07. The van der Waals surface area contributed by atoms with Crippen LogP contribution in [0, 0.1) is 6.92 Å². The molecule has 0 aliphatic carbocycles. The Kier molecular flexibility index (Phi) is 4.24. The first-order valence-electron chi connectivity index (χ1n) is 5.63. The number of nitrogens with zero attached hydrogens (tertiary/aromatic N) is 3. The first kappa shape index (κ1) is 13.2. The molecule has 7 nitrogen and oxygen atoms in total. The molecule has 0 aromatic carbocycles. The van der Waals surface area contributed by atoms with E-state index in [0.29, 0.717) is 6.61 Å². The minimum Gasteiger partial charge on any atom is -0.463 e. The molecule has 19 heavy (non-hydrogen) atoms. The number of aromatic amines is 1. The topological polar surface area (TPSA) is 92.8 Å². The van der Waals surface area contributed by atoms with E-state index in [2.05, 4.69) is 25.5 Å². The van der Waals surface area contributed by atoms with Gasteiger partial charge in [0.25, 0.3) is 5.91 Å². The summed E-state index contributed by atoms with van der Waals surface area (Å²) in [6, 6.07) is 0.205. The van der Waals surface area contributed by atoms with Crippen molar-refractivity contribution in [3.8, 4) is 6.01 Å². The van der Waals surface area contributed by atoms with E-state index in [1.807, 2.05) is 19.2 Å². The van der Waals surface area contributed by atoms with Crippen molar-refractivity contribution >= 4 is 29.3 Å². The molecule has 0 bridgehead atoms. The van der Waals surface area contributed by atoms with E-state index >= 15 is 0 Å². The zero-order valence-corrected chi connectivity index (χ0v) is 11.3. The summed E-state index contributed by atoms with van der Waals surface area (Å²) in [5, 5.41) is 11.7. The minimum atomic E-state index is -0.315. The van der Waals surface area contributed by atoms with Crippen LogP contribution < -0.4 is 10.1 Å². The van der Waals surface area contributed by atoms with Crippen LogP contribution in [0.2, 0.25) is 0 Å². The van der Waals surface area contributed by atoms with Gasteiger partial charge in [0.05, 0.1) is 17.3 Å². The number of ether oxygens (including phenoxy) is 1. The van der Waals surface area contributed by atoms with Gasteiger partial charge in [-0.2, -0.15) is 4.98 Å². The van der Waals surface area contributed by atoms with Gasteiger partial charge in [0.15, 0.2) is 0 Å². The summed E-state index contributed by atoms with van der Waals surface area (Å²) in [5.41, 5.74) is 0.755. The van der Waals surface area contributed by atoms with Crippen LogP contribution in [0.3, 0.4) is 0 Å². The van der Waals surface area contributed by atoms with Crippen LogP contribution in [-0.2, 0) is 4.79 Å². The molecule has 0 unspecified atom stereocenters. The Morgan fingerprint density at radius 1 is 1.58 bits per heavy atom. The van der Waals surface area contributed by atoms with Crippen molar-refractivity contribution in [2.45, 2.75) is 13.8 Å². The van der Waals surface area contributed by atoms with Crippen molar-refractivity contribution < 1.29 is 9.53 Å². The summed E-state index contributed by atoms with van der Waals surface area (Å²) in [5.74, 6) is -0.0718. The largest absolute Gasteiger partial charge is 0.463 e. The van der Waals surface area contributed by atoms with E-state index in [4.69, 9.17) is 4.74 Å². The number of aromatic nitrogens is 4. The molecular weight excluding hydrogens is 266 g/mol. The Bertz CT molecular complexity index is 589. The van der Waals surface area contributed by atoms with Crippen molar-refractivity contribution in [3.63, 3.8) is 0 Å². The molecule has 0 saturated carbocycles. The Labute approximate surface area is 113 Å². The van der Waals surface area contributed by atoms with Gasteiger partial charge in [-0.05, 0) is 19.9 Å². The molecule has 8 heteroatoms. The molecule has 0 saturated heterocycles. The molecular formula is C11H13N5O2S. The van der Waals surface area contributed by atoms with Crippen molar-refractivity contribution in [2.75, 3.05) is 11.9 Å². The number of carbonyl (C=O) groups is 1. The monoisotopic (exact) mass is 279 g/mol. The lowest BCUT2D eigenvalue weighted by atomic mass is 10.4. The van der Waals surface area contributed by atoms with Crippen LogP contribution in [0.4, 0.5) is 5.95 Å². The molecule has 0 atom stereocenters. The molecule has 2 heterocycles. The van der Waals surface area contributed by atoms with E-state index in [0.717, 1.165) is 10.7 Å². The first-order valence-corrected chi connectivity index (χ1v) is 6.51. The smallest absolute Gasteiger partial charge is 0.337 e. The van der Waals surface area contributed by atoms with Crippen molar-refractivity contribution in [3.05, 3.63) is 22.2 Å². The van der Waals surface area contributed by atoms with Crippen LogP contribution in [0.1, 0.15) is 17.6 Å². The molecule has 2 aromatic rings. The molecule has 0 spiro atoms. The number of rotatable bonds is 5. The van der Waals surface area contributed by atoms with Gasteiger partial charge in [-0.25, -0.2) is 10.1 Å². The van der Waals surface area contributed by atoms with Crippen molar-refractivity contribution in [2.24, 2.45) is 0 Å². The average Bonchev–Trinajstić information content (AvgIpc) is 2.97. The van der Waals surface area contributed by atoms with Gasteiger partial charge < -0.3 is 4.74 Å². The number of thiazole rings is 1. The summed E-state index contributed by atoms with van der Waals surface area (Å²) in [6.45, 7) is 4.20. The average molecular weight is 279 g/mol. The molecule has 0 radical (unpaired) electrons. The van der Waals surface area contributed by atoms with Gasteiger partial charge in [0, 0.05) is 11.5 Å². The van der Waals surface area contributed by atoms with E-state index < -0.39 is 0 Å². The zero-order valence-electron chi connectivity index (χ0n) is 10.5. The number of aryl methyl sites for hydroxylation is 1. The fourth-order valence-corrected chi connectivity index (χ4v) is 1.85. The third kappa shape index (κ3) is 3.88. The van der Waals surface area contributed by atoms with E-state index in [1.165, 1.54) is 17.4 Å². The van der Waals surface area contributed by atoms with Crippen LogP contribution in [0.25, 0.3) is 6.08 Å². The SMILES string of the molecule is CCOc1n[nH]c(NC(=O)/C=C/c2csc(C)n2)n1. The maximum absolute atomic E-state index is 11.6. The molecule has 2 rings (SSSR count). The van der Waals surface area contributed by atoms with E-state index in [-0.39, 0.29) is 17.9 Å². The van der Waals surface area contributed by atoms with Crippen molar-refractivity contribution in [1.82, 2.24) is 20.2 Å². The van der Waals surface area contributed by atoms with Gasteiger partial charge in [-0.3, -0.25) is 10.1 Å². The fourth-order valence-electron chi connectivity index (χ4n) is 1.27. The van der Waals surface area contributed by atoms with Crippen molar-refractivity contribution in [1.29, 1.82) is 0 Å². The highest BCUT2D eigenvalue weighted by atomic mass is 32.1. The quantitative estimate of drug-likeness (QED) is 0.811. The third-order valence-electron chi connectivity index (χ3n) is 2.02. The summed E-state index contributed by atoms with van der Waals surface area (Å²) in [6.07, 6.45) is 3.02. The molecule has 100 valence electrons. The van der Waals surface area contributed by atoms with Gasteiger partial charge in [-0.15, -0.1) is 16.4 Å². The summed E-state index contributed by atoms with van der Waals surface area (Å²) in [4.78, 5) is 19.8. The highest BCUT2D eigenvalue weighted by molar-refractivity contribution is 7.09. The number of nitrogens with one attached hydrogen (secondary N) is 2. The lowest BCUT2D eigenvalue weighted by molar-refractivity contribution is -0.111. The molecule has 2 N–H and O–H groups in total. The maximum Gasteiger partial charge on any atom is 0.337 e. The number of amides is 1. The van der Waals surface area contributed by atoms with E-state index in [9.17, 15) is 4.79 Å². The lowest BCUT2D eigenvalue weighted by Crippen LogP contribution is -2.09. The van der Waals surface area contributed by atoms with Crippen LogP contribution in [0.5, 0.6) is 6.01 Å². The van der Waals surface area contributed by atoms with Gasteiger partial charge in [-0.1, -0.05) is 0 Å². The summed E-state index contributed by atoms with van der Waals surface area (Å²) >= 11 is 1.53. The number of carbonyl (C=O) groups excluding carboxylic acids is 1. The number of H-pyrrole nitrogens is 1. The standard InChI is InChI=1S/C11H13N5O2S/c1-3-18-11-14-10(15-16-11)13-9(17)5-4-8-6-19-7(2)12-8/h4-6H,3H2,1-2H3,(H2,13,14,15,16,17)/b5-4+. The Morgan fingerprint density at radius 2 is 2.42 bits per heavy atom. The fraction of sp³-hybridized carbons (Fsp3) is 0.273. The second kappa shape index (κ2) is 6.10. The molecule has 0 aliphatic heterocycles. The Balaban J connectivity index is 1.91. The zero-order chi connectivity index (χ0) is 13.7. The predicted octanol–water partition coefficient (Wildman–Crippen LogP) is 1.62.